The standard InChI is InChI=1S/C16H22O4/c1-4-20-16(7-5-6-8-16)15(17)12-9-13(18-2)11-14(10-12)19-3/h9-11H,4-8H2,1-3H3. The summed E-state index contributed by atoms with van der Waals surface area (Å²) in [6.45, 7) is 2.48. The molecule has 20 heavy (non-hydrogen) atoms. The van der Waals surface area contributed by atoms with E-state index in [9.17, 15) is 4.79 Å². The molecule has 0 spiro atoms. The third kappa shape index (κ3) is 2.80. The van der Waals surface area contributed by atoms with E-state index in [1.807, 2.05) is 6.92 Å². The highest BCUT2D eigenvalue weighted by molar-refractivity contribution is 6.03. The molecule has 0 atom stereocenters. The van der Waals surface area contributed by atoms with E-state index in [4.69, 9.17) is 14.2 Å². The van der Waals surface area contributed by atoms with Gasteiger partial charge in [-0.25, -0.2) is 0 Å². The highest BCUT2D eigenvalue weighted by Crippen LogP contribution is 2.37. The molecule has 1 aromatic rings. The molecule has 1 aliphatic rings. The van der Waals surface area contributed by atoms with Crippen LogP contribution in [0.4, 0.5) is 0 Å². The Kier molecular flexibility index (Phi) is 4.65. The Morgan fingerprint density at radius 3 is 2.10 bits per heavy atom. The predicted molar refractivity (Wildman–Crippen MR) is 76.7 cm³/mol. The van der Waals surface area contributed by atoms with E-state index in [-0.39, 0.29) is 5.78 Å². The van der Waals surface area contributed by atoms with Crippen LogP contribution in [0.3, 0.4) is 0 Å². The molecule has 1 fully saturated rings. The number of rotatable bonds is 6. The van der Waals surface area contributed by atoms with E-state index in [0.29, 0.717) is 23.7 Å². The lowest BCUT2D eigenvalue weighted by Gasteiger charge is -2.27. The van der Waals surface area contributed by atoms with Crippen molar-refractivity contribution in [1.29, 1.82) is 0 Å². The normalized spacial score (nSPS) is 16.9. The maximum atomic E-state index is 12.9. The van der Waals surface area contributed by atoms with Crippen LogP contribution in [0.25, 0.3) is 0 Å². The second-order valence-corrected chi connectivity index (χ2v) is 5.06. The van der Waals surface area contributed by atoms with Gasteiger partial charge in [-0.1, -0.05) is 0 Å². The number of benzene rings is 1. The molecule has 110 valence electrons. The van der Waals surface area contributed by atoms with Crippen molar-refractivity contribution in [2.24, 2.45) is 0 Å². The molecule has 1 aromatic carbocycles. The van der Waals surface area contributed by atoms with Crippen LogP contribution in [-0.4, -0.2) is 32.2 Å². The molecule has 4 heteroatoms. The zero-order valence-electron chi connectivity index (χ0n) is 12.4. The summed E-state index contributed by atoms with van der Waals surface area (Å²) in [5.74, 6) is 1.28. The van der Waals surface area contributed by atoms with Gasteiger partial charge in [0.05, 0.1) is 14.2 Å². The maximum Gasteiger partial charge on any atom is 0.194 e. The molecule has 1 saturated carbocycles. The SMILES string of the molecule is CCOC1(C(=O)c2cc(OC)cc(OC)c2)CCCC1. The van der Waals surface area contributed by atoms with Crippen molar-refractivity contribution in [1.82, 2.24) is 0 Å². The number of hydrogen-bond donors (Lipinski definition) is 0. The molecule has 2 rings (SSSR count). The third-order valence-corrected chi connectivity index (χ3v) is 3.86. The van der Waals surface area contributed by atoms with Gasteiger partial charge in [-0.3, -0.25) is 4.79 Å². The zero-order chi connectivity index (χ0) is 14.6. The maximum absolute atomic E-state index is 12.9. The summed E-state index contributed by atoms with van der Waals surface area (Å²) >= 11 is 0. The van der Waals surface area contributed by atoms with Gasteiger partial charge in [0, 0.05) is 18.2 Å². The summed E-state index contributed by atoms with van der Waals surface area (Å²) < 4.78 is 16.3. The Hall–Kier alpha value is -1.55. The minimum atomic E-state index is -0.661. The first-order valence-corrected chi connectivity index (χ1v) is 7.07. The smallest absolute Gasteiger partial charge is 0.194 e. The quantitative estimate of drug-likeness (QED) is 0.749. The first-order chi connectivity index (χ1) is 9.65. The Morgan fingerprint density at radius 2 is 1.65 bits per heavy atom. The second-order valence-electron chi connectivity index (χ2n) is 5.06. The van der Waals surface area contributed by atoms with E-state index in [1.165, 1.54) is 0 Å². The average molecular weight is 278 g/mol. The molecule has 4 nitrogen and oxygen atoms in total. The molecular weight excluding hydrogens is 256 g/mol. The topological polar surface area (TPSA) is 44.8 Å². The van der Waals surface area contributed by atoms with Gasteiger partial charge < -0.3 is 14.2 Å². The lowest BCUT2D eigenvalue weighted by molar-refractivity contribution is -0.0164. The summed E-state index contributed by atoms with van der Waals surface area (Å²) in [5.41, 5.74) is -0.0666. The molecular formula is C16H22O4. The highest BCUT2D eigenvalue weighted by atomic mass is 16.5. The van der Waals surface area contributed by atoms with E-state index in [1.54, 1.807) is 32.4 Å². The van der Waals surface area contributed by atoms with E-state index in [2.05, 4.69) is 0 Å². The zero-order valence-corrected chi connectivity index (χ0v) is 12.4. The van der Waals surface area contributed by atoms with Crippen molar-refractivity contribution in [3.8, 4) is 11.5 Å². The first-order valence-electron chi connectivity index (χ1n) is 7.07. The molecule has 0 aliphatic heterocycles. The molecule has 0 N–H and O–H groups in total. The van der Waals surface area contributed by atoms with Crippen LogP contribution < -0.4 is 9.47 Å². The number of Topliss-reactive ketones (excluding diaryl/α,β-unsaturated/α-hetero) is 1. The van der Waals surface area contributed by atoms with Gasteiger partial charge in [-0.15, -0.1) is 0 Å². The summed E-state index contributed by atoms with van der Waals surface area (Å²) in [6, 6.07) is 5.27. The van der Waals surface area contributed by atoms with Gasteiger partial charge >= 0.3 is 0 Å². The number of ether oxygens (including phenoxy) is 3. The fraction of sp³-hybridized carbons (Fsp3) is 0.562. The lowest BCUT2D eigenvalue weighted by atomic mass is 9.90. The third-order valence-electron chi connectivity index (χ3n) is 3.86. The van der Waals surface area contributed by atoms with E-state index >= 15 is 0 Å². The van der Waals surface area contributed by atoms with Gasteiger partial charge in [0.2, 0.25) is 0 Å². The van der Waals surface area contributed by atoms with E-state index in [0.717, 1.165) is 25.7 Å². The Morgan fingerprint density at radius 1 is 1.10 bits per heavy atom. The molecule has 0 aromatic heterocycles. The van der Waals surface area contributed by atoms with E-state index < -0.39 is 5.60 Å². The average Bonchev–Trinajstić information content (AvgIpc) is 2.96. The monoisotopic (exact) mass is 278 g/mol. The van der Waals surface area contributed by atoms with Crippen molar-refractivity contribution in [2.45, 2.75) is 38.2 Å². The Labute approximate surface area is 120 Å². The largest absolute Gasteiger partial charge is 0.497 e. The van der Waals surface area contributed by atoms with Crippen molar-refractivity contribution >= 4 is 5.78 Å². The number of carbonyl (C=O) groups is 1. The van der Waals surface area contributed by atoms with Gasteiger partial charge in [-0.05, 0) is 44.7 Å². The Bertz CT molecular complexity index is 453. The first kappa shape index (κ1) is 14.9. The molecule has 0 heterocycles. The lowest BCUT2D eigenvalue weighted by Crippen LogP contribution is -2.39. The van der Waals surface area contributed by atoms with Gasteiger partial charge in [0.1, 0.15) is 17.1 Å². The molecule has 0 unspecified atom stereocenters. The second kappa shape index (κ2) is 6.27. The van der Waals surface area contributed by atoms with Crippen LogP contribution in [0.1, 0.15) is 43.0 Å². The van der Waals surface area contributed by atoms with Gasteiger partial charge in [0.25, 0.3) is 0 Å². The van der Waals surface area contributed by atoms with Crippen molar-refractivity contribution in [2.75, 3.05) is 20.8 Å². The Balaban J connectivity index is 2.36. The summed E-state index contributed by atoms with van der Waals surface area (Å²) in [4.78, 5) is 12.9. The summed E-state index contributed by atoms with van der Waals surface area (Å²) in [7, 11) is 3.16. The predicted octanol–water partition coefficient (Wildman–Crippen LogP) is 3.24. The van der Waals surface area contributed by atoms with Crippen LogP contribution in [0, 0.1) is 0 Å². The summed E-state index contributed by atoms with van der Waals surface area (Å²) in [6.07, 6.45) is 3.65. The van der Waals surface area contributed by atoms with Crippen molar-refractivity contribution in [3.05, 3.63) is 23.8 Å². The molecule has 0 bridgehead atoms. The molecule has 0 radical (unpaired) electrons. The molecule has 1 aliphatic carbocycles. The minimum absolute atomic E-state index is 0.0362. The number of methoxy groups -OCH3 is 2. The molecule has 0 amide bonds. The number of carbonyl (C=O) groups excluding carboxylic acids is 1. The highest BCUT2D eigenvalue weighted by Gasteiger charge is 2.42. The summed E-state index contributed by atoms with van der Waals surface area (Å²) in [5, 5.41) is 0. The minimum Gasteiger partial charge on any atom is -0.497 e. The van der Waals surface area contributed by atoms with Crippen LogP contribution in [0.5, 0.6) is 11.5 Å². The van der Waals surface area contributed by atoms with Crippen LogP contribution in [-0.2, 0) is 4.74 Å². The van der Waals surface area contributed by atoms with Gasteiger partial charge in [0.15, 0.2) is 5.78 Å². The van der Waals surface area contributed by atoms with Gasteiger partial charge in [-0.2, -0.15) is 0 Å². The number of hydrogen-bond acceptors (Lipinski definition) is 4. The fourth-order valence-electron chi connectivity index (χ4n) is 2.86. The van der Waals surface area contributed by atoms with Crippen LogP contribution in [0.15, 0.2) is 18.2 Å². The number of ketones is 1. The van der Waals surface area contributed by atoms with Crippen molar-refractivity contribution < 1.29 is 19.0 Å². The van der Waals surface area contributed by atoms with Crippen molar-refractivity contribution in [3.63, 3.8) is 0 Å². The fourth-order valence-corrected chi connectivity index (χ4v) is 2.86. The van der Waals surface area contributed by atoms with Crippen LogP contribution in [0.2, 0.25) is 0 Å². The molecule has 0 saturated heterocycles. The van der Waals surface area contributed by atoms with Crippen LogP contribution >= 0.6 is 0 Å².